The van der Waals surface area contributed by atoms with Crippen LogP contribution < -0.4 is 16.0 Å². The molecule has 0 radical (unpaired) electrons. The van der Waals surface area contributed by atoms with Crippen molar-refractivity contribution >= 4 is 134 Å². The van der Waals surface area contributed by atoms with Crippen molar-refractivity contribution in [1.82, 2.24) is 45.6 Å². The van der Waals surface area contributed by atoms with Gasteiger partial charge in [0.2, 0.25) is 0 Å². The molecule has 624 valence electrons. The summed E-state index contributed by atoms with van der Waals surface area (Å²) in [5.41, 5.74) is -2.50. The highest BCUT2D eigenvalue weighted by atomic mass is 35.5. The van der Waals surface area contributed by atoms with E-state index < -0.39 is 137 Å². The van der Waals surface area contributed by atoms with Crippen molar-refractivity contribution in [2.75, 3.05) is 59.6 Å². The number of halogens is 12. The highest BCUT2D eigenvalue weighted by molar-refractivity contribution is 7.12. The number of nitrogens with zero attached hydrogens (tertiary/aromatic N) is 9. The van der Waals surface area contributed by atoms with Crippen LogP contribution >= 0.6 is 80.4 Å². The summed E-state index contributed by atoms with van der Waals surface area (Å²) in [5, 5.41) is 44.5. The summed E-state index contributed by atoms with van der Waals surface area (Å²) in [6, 6.07) is 6.79. The number of methoxy groups -OCH3 is 1. The normalized spacial score (nSPS) is 22.5. The quantitative estimate of drug-likeness (QED) is 0.0167. The lowest BCUT2D eigenvalue weighted by molar-refractivity contribution is -0.139. The van der Waals surface area contributed by atoms with Crippen LogP contribution in [0.25, 0.3) is 0 Å². The lowest BCUT2D eigenvalue weighted by Gasteiger charge is -2.35. The second-order valence-electron chi connectivity index (χ2n) is 29.5. The van der Waals surface area contributed by atoms with Gasteiger partial charge >= 0.3 is 35.8 Å². The van der Waals surface area contributed by atoms with Gasteiger partial charge in [0.15, 0.2) is 32.5 Å². The Kier molecular flexibility index (Phi) is 28.5. The standard InChI is InChI=1S/C26H28Cl2F2N4O4S.C26H28ClF3N4O4S.C25H26ClF3N4O4S/c1-4-38-24(37)20-17(12-34-13-26(29,30)25(2,3)18(34)7-8-19(35)36)32-22(23-31-9-10-39-23)33-21(20)15-6-5-14(27)11-16(15)28;1-4-38-24(37)20-17(12-34-13-26(29,30)25(2,3)18(34)7-8-19(35)36)32-22(23-31-9-10-39-23)33-21(20)15-6-5-14(28)11-16(15)27;1-24(2)17(6-7-18(34)35)33(12-25(24,28)29)11-16-19(23(36)37-3)20(14-5-4-13(27)10-15(14)26)32-21(31-16)22-30-8-9-38-22/h2*5-6,9-11,18,21H,4,7-8,12-13H2,1-3H3,(H,32,33)(H,35,36);4-5,8-10,17,20H,6-7,11-12H2,1-3H3,(H,31,32)(H,34,35)/t2*18-,21+;17-,20+/m111/s1. The van der Waals surface area contributed by atoms with Gasteiger partial charge in [-0.3, -0.25) is 44.1 Å². The van der Waals surface area contributed by atoms with Gasteiger partial charge in [-0.05, 0) is 69.5 Å². The Morgan fingerprint density at radius 1 is 0.474 bits per heavy atom. The molecule has 3 saturated heterocycles. The van der Waals surface area contributed by atoms with Crippen LogP contribution in [0.15, 0.2) is 138 Å². The Bertz CT molecular complexity index is 4680. The fourth-order valence-electron chi connectivity index (χ4n) is 14.9. The van der Waals surface area contributed by atoms with Gasteiger partial charge in [-0.25, -0.2) is 64.5 Å². The third-order valence-corrected chi connectivity index (χ3v) is 24.8. The van der Waals surface area contributed by atoms with Crippen LogP contribution in [0.5, 0.6) is 0 Å². The van der Waals surface area contributed by atoms with Gasteiger partial charge in [0.1, 0.15) is 29.8 Å². The maximum Gasteiger partial charge on any atom is 0.338 e. The first-order chi connectivity index (χ1) is 54.6. The number of carboxylic acid groups (broad SMARTS) is 3. The maximum atomic E-state index is 15.2. The van der Waals surface area contributed by atoms with Crippen LogP contribution in [-0.2, 0) is 43.0 Å². The summed E-state index contributed by atoms with van der Waals surface area (Å²) < 4.78 is 135. The Hall–Kier alpha value is -8.52. The van der Waals surface area contributed by atoms with Crippen LogP contribution in [-0.4, -0.2) is 194 Å². The molecule has 39 heteroatoms. The first kappa shape index (κ1) is 89.8. The molecule has 3 fully saturated rings. The van der Waals surface area contributed by atoms with Crippen molar-refractivity contribution in [2.24, 2.45) is 31.2 Å². The minimum atomic E-state index is -3.12. The van der Waals surface area contributed by atoms with Gasteiger partial charge in [-0.1, -0.05) is 106 Å². The topological polar surface area (TPSA) is 312 Å². The van der Waals surface area contributed by atoms with E-state index in [1.165, 1.54) is 128 Å². The molecule has 0 bridgehead atoms. The van der Waals surface area contributed by atoms with E-state index in [2.05, 4.69) is 40.9 Å². The number of benzene rings is 3. The fraction of sp³-hybridized carbons (Fsp3) is 0.455. The third kappa shape index (κ3) is 19.6. The number of thiazole rings is 3. The van der Waals surface area contributed by atoms with E-state index in [1.54, 1.807) is 60.7 Å². The first-order valence-corrected chi connectivity index (χ1v) is 40.4. The van der Waals surface area contributed by atoms with Gasteiger partial charge in [-0.15, -0.1) is 34.0 Å². The number of likely N-dealkylation sites (tertiary alicyclic amines) is 3. The Morgan fingerprint density at radius 3 is 1.03 bits per heavy atom. The summed E-state index contributed by atoms with van der Waals surface area (Å²) in [6.07, 6.45) is 3.86. The first-order valence-electron chi connectivity index (χ1n) is 36.3. The number of hydrogen-bond acceptors (Lipinski definition) is 24. The summed E-state index contributed by atoms with van der Waals surface area (Å²) in [5.74, 6) is -15.0. The monoisotopic (exact) mass is 1750 g/mol. The Labute approximate surface area is 693 Å². The fourth-order valence-corrected chi connectivity index (χ4v) is 17.7. The number of carbonyl (C=O) groups is 6. The van der Waals surface area contributed by atoms with E-state index in [1.807, 2.05) is 0 Å². The molecule has 6 aromatic rings. The number of aromatic nitrogens is 3. The van der Waals surface area contributed by atoms with E-state index >= 15 is 26.3 Å². The predicted molar refractivity (Wildman–Crippen MR) is 422 cm³/mol. The second kappa shape index (κ2) is 36.8. The van der Waals surface area contributed by atoms with Crippen LogP contribution in [0.4, 0.5) is 35.1 Å². The third-order valence-electron chi connectivity index (χ3n) is 21.3. The molecular weight excluding hydrogens is 1670 g/mol. The molecule has 116 heavy (non-hydrogen) atoms. The number of aliphatic carboxylic acids is 3. The molecule has 6 aliphatic heterocycles. The predicted octanol–water partition coefficient (Wildman–Crippen LogP) is 15.3. The van der Waals surface area contributed by atoms with Crippen LogP contribution in [0.2, 0.25) is 20.1 Å². The van der Waals surface area contributed by atoms with Crippen LogP contribution in [0, 0.1) is 27.9 Å². The SMILES string of the molecule is CCOC(=O)C1=C(CN2CC(F)(F)C(C)(C)[C@H]2CCC(=O)O)NC(c2nccs2)=N[C@H]1c1ccc(Cl)cc1Cl.CCOC(=O)C1=C(CN2CC(F)(F)C(C)(C)[C@H]2CCC(=O)O)NC(c2nccs2)=N[C@H]1c1ccc(F)cc1Cl.COC(=O)C1=C(CN2CC(F)(F)C(C)(C)[C@H]2CCC(=O)O)NC(c2nccs2)=N[C@H]1c1ccc(F)cc1Cl. The lowest BCUT2D eigenvalue weighted by Crippen LogP contribution is -2.44. The number of amidine groups is 3. The minimum absolute atomic E-state index is 0.0133. The van der Waals surface area contributed by atoms with Crippen LogP contribution in [0.3, 0.4) is 0 Å². The van der Waals surface area contributed by atoms with Gasteiger partial charge in [0.25, 0.3) is 17.8 Å². The summed E-state index contributed by atoms with van der Waals surface area (Å²) >= 11 is 29.3. The molecule has 0 aliphatic carbocycles. The molecule has 0 amide bonds. The highest BCUT2D eigenvalue weighted by Gasteiger charge is 2.63. The molecule has 6 atom stereocenters. The van der Waals surface area contributed by atoms with E-state index in [9.17, 15) is 52.9 Å². The molecule has 24 nitrogen and oxygen atoms in total. The zero-order chi connectivity index (χ0) is 84.9. The smallest absolute Gasteiger partial charge is 0.338 e. The van der Waals surface area contributed by atoms with Crippen LogP contribution in [0.1, 0.15) is 144 Å². The Morgan fingerprint density at radius 2 is 0.767 bits per heavy atom. The number of rotatable bonds is 26. The number of nitrogens with one attached hydrogen (secondary N) is 3. The van der Waals surface area contributed by atoms with Crippen molar-refractivity contribution in [2.45, 2.75) is 148 Å². The number of alkyl halides is 6. The molecule has 12 rings (SSSR count). The van der Waals surface area contributed by atoms with Crippen molar-refractivity contribution in [3.63, 3.8) is 0 Å². The number of carboxylic acids is 3. The summed E-state index contributed by atoms with van der Waals surface area (Å²) in [7, 11) is 1.18. The van der Waals surface area contributed by atoms with Crippen molar-refractivity contribution in [3.05, 3.63) is 187 Å². The molecule has 3 aromatic carbocycles. The molecule has 3 aromatic heterocycles. The van der Waals surface area contributed by atoms with Gasteiger partial charge in [0, 0.05) is 162 Å². The van der Waals surface area contributed by atoms with Crippen molar-refractivity contribution < 1.29 is 93.4 Å². The molecule has 9 heterocycles. The van der Waals surface area contributed by atoms with Gasteiger partial charge in [0.05, 0.1) is 56.7 Å². The highest BCUT2D eigenvalue weighted by Crippen LogP contribution is 2.53. The molecule has 0 spiro atoms. The number of hydrogen-bond donors (Lipinski definition) is 6. The average molecular weight is 1760 g/mol. The number of ether oxygens (including phenoxy) is 3. The largest absolute Gasteiger partial charge is 0.481 e. The molecule has 0 saturated carbocycles. The van der Waals surface area contributed by atoms with E-state index in [-0.39, 0.29) is 126 Å². The van der Waals surface area contributed by atoms with Gasteiger partial charge in [-0.2, -0.15) is 0 Å². The number of aliphatic imine (C=N–C) groups is 3. The maximum absolute atomic E-state index is 15.2. The average Bonchev–Trinajstić information content (AvgIpc) is 1.57. The lowest BCUT2D eigenvalue weighted by atomic mass is 9.79. The van der Waals surface area contributed by atoms with E-state index in [0.717, 1.165) is 12.1 Å². The minimum Gasteiger partial charge on any atom is -0.481 e. The summed E-state index contributed by atoms with van der Waals surface area (Å²) in [4.78, 5) is 105. The zero-order valence-electron chi connectivity index (χ0n) is 63.8. The number of carbonyl (C=O) groups excluding carboxylic acids is 3. The van der Waals surface area contributed by atoms with E-state index in [0.29, 0.717) is 48.3 Å². The molecule has 6 N–H and O–H groups in total. The summed E-state index contributed by atoms with van der Waals surface area (Å²) in [6.45, 7) is 9.62. The second-order valence-corrected chi connectivity index (χ2v) is 33.8. The molecular formula is C77H82Cl4F8N12O12S3. The number of esters is 3. The van der Waals surface area contributed by atoms with Gasteiger partial charge < -0.3 is 45.5 Å². The van der Waals surface area contributed by atoms with Crippen molar-refractivity contribution in [1.29, 1.82) is 0 Å². The van der Waals surface area contributed by atoms with Crippen molar-refractivity contribution in [3.8, 4) is 0 Å². The Balaban J connectivity index is 0.000000184. The van der Waals surface area contributed by atoms with E-state index in [4.69, 9.17) is 65.6 Å². The molecule has 0 unspecified atom stereocenters. The molecule has 6 aliphatic rings. The zero-order valence-corrected chi connectivity index (χ0v) is 69.3.